The molecule has 0 bridgehead atoms. The minimum atomic E-state index is -0.0462. The second kappa shape index (κ2) is 4.50. The number of benzene rings is 1. The van der Waals surface area contributed by atoms with Gasteiger partial charge in [0, 0.05) is 0 Å². The van der Waals surface area contributed by atoms with Gasteiger partial charge in [0.15, 0.2) is 5.96 Å². The molecule has 0 heterocycles. The number of ether oxygens (including phenoxy) is 1. The van der Waals surface area contributed by atoms with E-state index in [0.717, 1.165) is 11.3 Å². The van der Waals surface area contributed by atoms with Crippen molar-refractivity contribution in [3.63, 3.8) is 0 Å². The lowest BCUT2D eigenvalue weighted by molar-refractivity contribution is 0.414. The highest BCUT2D eigenvalue weighted by Crippen LogP contribution is 2.20. The number of hydrogen-bond acceptors (Lipinski definition) is 2. The first kappa shape index (κ1) is 10.4. The first-order valence-electron chi connectivity index (χ1n) is 4.36. The molecule has 1 rings (SSSR count). The smallest absolute Gasteiger partial charge is 0.186 e. The van der Waals surface area contributed by atoms with Crippen LogP contribution in [0.15, 0.2) is 29.3 Å². The van der Waals surface area contributed by atoms with Gasteiger partial charge >= 0.3 is 0 Å². The molecule has 76 valence electrons. The zero-order chi connectivity index (χ0) is 10.6. The van der Waals surface area contributed by atoms with Crippen LogP contribution in [0.5, 0.6) is 5.75 Å². The van der Waals surface area contributed by atoms with Gasteiger partial charge < -0.3 is 16.2 Å². The largest absolute Gasteiger partial charge is 0.497 e. The summed E-state index contributed by atoms with van der Waals surface area (Å²) >= 11 is 0. The lowest BCUT2D eigenvalue weighted by Gasteiger charge is -2.08. The standard InChI is InChI=1S/C10H15N3O/c1-7(13-10(11)12)8-4-3-5-9(6-8)14-2/h3-7H,1-2H3,(H4,11,12,13)/t7-/m0/s1. The molecule has 0 saturated carbocycles. The molecular weight excluding hydrogens is 178 g/mol. The summed E-state index contributed by atoms with van der Waals surface area (Å²) in [6.07, 6.45) is 0. The van der Waals surface area contributed by atoms with Crippen LogP contribution in [0.3, 0.4) is 0 Å². The summed E-state index contributed by atoms with van der Waals surface area (Å²) in [5.74, 6) is 0.903. The molecular formula is C10H15N3O. The summed E-state index contributed by atoms with van der Waals surface area (Å²) in [6.45, 7) is 1.93. The van der Waals surface area contributed by atoms with Gasteiger partial charge in [0.05, 0.1) is 13.2 Å². The van der Waals surface area contributed by atoms with E-state index in [9.17, 15) is 0 Å². The molecule has 0 unspecified atom stereocenters. The van der Waals surface area contributed by atoms with E-state index in [1.165, 1.54) is 0 Å². The molecule has 4 N–H and O–H groups in total. The van der Waals surface area contributed by atoms with Gasteiger partial charge in [-0.3, -0.25) is 0 Å². The van der Waals surface area contributed by atoms with Gasteiger partial charge in [-0.15, -0.1) is 0 Å². The predicted molar refractivity (Wildman–Crippen MR) is 57.2 cm³/mol. The highest BCUT2D eigenvalue weighted by atomic mass is 16.5. The molecule has 0 aromatic heterocycles. The maximum Gasteiger partial charge on any atom is 0.186 e. The van der Waals surface area contributed by atoms with Gasteiger partial charge in [-0.1, -0.05) is 12.1 Å². The molecule has 1 aromatic carbocycles. The van der Waals surface area contributed by atoms with Crippen LogP contribution >= 0.6 is 0 Å². The van der Waals surface area contributed by atoms with Crippen LogP contribution in [-0.2, 0) is 0 Å². The Hall–Kier alpha value is -1.71. The highest BCUT2D eigenvalue weighted by molar-refractivity contribution is 5.76. The molecule has 0 spiro atoms. The minimum absolute atomic E-state index is 0.0462. The molecule has 0 amide bonds. The Morgan fingerprint density at radius 2 is 2.14 bits per heavy atom. The molecule has 0 radical (unpaired) electrons. The highest BCUT2D eigenvalue weighted by Gasteiger charge is 2.04. The third-order valence-electron chi connectivity index (χ3n) is 1.92. The lowest BCUT2D eigenvalue weighted by atomic mass is 10.1. The Morgan fingerprint density at radius 1 is 1.43 bits per heavy atom. The lowest BCUT2D eigenvalue weighted by Crippen LogP contribution is -2.23. The maximum absolute atomic E-state index is 5.30. The van der Waals surface area contributed by atoms with Crippen molar-refractivity contribution in [2.75, 3.05) is 7.11 Å². The minimum Gasteiger partial charge on any atom is -0.497 e. The van der Waals surface area contributed by atoms with Crippen molar-refractivity contribution in [3.05, 3.63) is 29.8 Å². The monoisotopic (exact) mass is 193 g/mol. The average Bonchev–Trinajstić information content (AvgIpc) is 2.17. The molecule has 1 atom stereocenters. The van der Waals surface area contributed by atoms with E-state index in [-0.39, 0.29) is 12.0 Å². The molecule has 1 aromatic rings. The van der Waals surface area contributed by atoms with Crippen LogP contribution in [-0.4, -0.2) is 13.1 Å². The summed E-state index contributed by atoms with van der Waals surface area (Å²) in [7, 11) is 1.63. The van der Waals surface area contributed by atoms with Crippen LogP contribution in [0.2, 0.25) is 0 Å². The van der Waals surface area contributed by atoms with E-state index in [2.05, 4.69) is 4.99 Å². The third kappa shape index (κ3) is 2.65. The van der Waals surface area contributed by atoms with Gasteiger partial charge in [-0.25, -0.2) is 4.99 Å². The number of nitrogens with zero attached hydrogens (tertiary/aromatic N) is 1. The van der Waals surface area contributed by atoms with Crippen LogP contribution in [0, 0.1) is 0 Å². The van der Waals surface area contributed by atoms with Crippen LogP contribution in [0.1, 0.15) is 18.5 Å². The second-order valence-electron chi connectivity index (χ2n) is 3.01. The number of nitrogens with two attached hydrogens (primary N) is 2. The molecule has 0 fully saturated rings. The van der Waals surface area contributed by atoms with E-state index in [1.54, 1.807) is 7.11 Å². The Morgan fingerprint density at radius 3 is 2.71 bits per heavy atom. The normalized spacial score (nSPS) is 11.9. The fourth-order valence-electron chi connectivity index (χ4n) is 1.20. The van der Waals surface area contributed by atoms with Crippen LogP contribution < -0.4 is 16.2 Å². The Kier molecular flexibility index (Phi) is 3.34. The second-order valence-corrected chi connectivity index (χ2v) is 3.01. The van der Waals surface area contributed by atoms with Crippen LogP contribution in [0.4, 0.5) is 0 Å². The molecule has 4 nitrogen and oxygen atoms in total. The number of rotatable bonds is 3. The Bertz CT molecular complexity index is 332. The van der Waals surface area contributed by atoms with Gasteiger partial charge in [-0.2, -0.15) is 0 Å². The van der Waals surface area contributed by atoms with Gasteiger partial charge in [-0.05, 0) is 24.6 Å². The van der Waals surface area contributed by atoms with Crippen molar-refractivity contribution >= 4 is 5.96 Å². The molecule has 0 saturated heterocycles. The maximum atomic E-state index is 5.30. The summed E-state index contributed by atoms with van der Waals surface area (Å²) in [5, 5.41) is 0. The quantitative estimate of drug-likeness (QED) is 0.556. The third-order valence-corrected chi connectivity index (χ3v) is 1.92. The van der Waals surface area contributed by atoms with Crippen molar-refractivity contribution < 1.29 is 4.74 Å². The average molecular weight is 193 g/mol. The fourth-order valence-corrected chi connectivity index (χ4v) is 1.20. The number of guanidine groups is 1. The first-order chi connectivity index (χ1) is 6.63. The summed E-state index contributed by atoms with van der Waals surface area (Å²) in [5.41, 5.74) is 11.6. The topological polar surface area (TPSA) is 73.6 Å². The van der Waals surface area contributed by atoms with E-state index < -0.39 is 0 Å². The molecule has 0 aliphatic rings. The van der Waals surface area contributed by atoms with Crippen molar-refractivity contribution in [2.24, 2.45) is 16.5 Å². The first-order valence-corrected chi connectivity index (χ1v) is 4.36. The Balaban J connectivity index is 2.89. The number of hydrogen-bond donors (Lipinski definition) is 2. The molecule has 4 heteroatoms. The van der Waals surface area contributed by atoms with E-state index >= 15 is 0 Å². The number of methoxy groups -OCH3 is 1. The molecule has 14 heavy (non-hydrogen) atoms. The van der Waals surface area contributed by atoms with Gasteiger partial charge in [0.1, 0.15) is 5.75 Å². The van der Waals surface area contributed by atoms with Crippen molar-refractivity contribution in [2.45, 2.75) is 13.0 Å². The summed E-state index contributed by atoms with van der Waals surface area (Å²) in [4.78, 5) is 4.04. The van der Waals surface area contributed by atoms with Crippen molar-refractivity contribution in [3.8, 4) is 5.75 Å². The number of aliphatic imine (C=N–C) groups is 1. The summed E-state index contributed by atoms with van der Waals surface area (Å²) < 4.78 is 5.10. The van der Waals surface area contributed by atoms with Crippen molar-refractivity contribution in [1.29, 1.82) is 0 Å². The molecule has 0 aliphatic heterocycles. The Labute approximate surface area is 83.6 Å². The van der Waals surface area contributed by atoms with E-state index in [1.807, 2.05) is 31.2 Å². The van der Waals surface area contributed by atoms with Gasteiger partial charge in [0.2, 0.25) is 0 Å². The zero-order valence-electron chi connectivity index (χ0n) is 8.40. The molecule has 0 aliphatic carbocycles. The zero-order valence-corrected chi connectivity index (χ0v) is 8.40. The van der Waals surface area contributed by atoms with E-state index in [0.29, 0.717) is 0 Å². The fraction of sp³-hybridized carbons (Fsp3) is 0.300. The SMILES string of the molecule is COc1cccc([C@H](C)N=C(N)N)c1. The van der Waals surface area contributed by atoms with Crippen LogP contribution in [0.25, 0.3) is 0 Å². The van der Waals surface area contributed by atoms with E-state index in [4.69, 9.17) is 16.2 Å². The summed E-state index contributed by atoms with van der Waals surface area (Å²) in [6, 6.07) is 7.62. The van der Waals surface area contributed by atoms with Gasteiger partial charge in [0.25, 0.3) is 0 Å². The predicted octanol–water partition coefficient (Wildman–Crippen LogP) is 1.03. The van der Waals surface area contributed by atoms with Crippen molar-refractivity contribution in [1.82, 2.24) is 0 Å².